The van der Waals surface area contributed by atoms with Gasteiger partial charge in [0.2, 0.25) is 0 Å². The molecule has 19 heavy (non-hydrogen) atoms. The molecule has 106 valence electrons. The van der Waals surface area contributed by atoms with Crippen molar-refractivity contribution >= 4 is 0 Å². The van der Waals surface area contributed by atoms with Crippen molar-refractivity contribution in [1.29, 1.82) is 0 Å². The molecule has 0 amide bonds. The van der Waals surface area contributed by atoms with Crippen LogP contribution >= 0.6 is 0 Å². The highest BCUT2D eigenvalue weighted by Gasteiger charge is 2.12. The molecule has 0 heterocycles. The van der Waals surface area contributed by atoms with Gasteiger partial charge in [0, 0.05) is 17.6 Å². The van der Waals surface area contributed by atoms with Gasteiger partial charge in [0.15, 0.2) is 0 Å². The van der Waals surface area contributed by atoms with Crippen molar-refractivity contribution in [3.63, 3.8) is 0 Å². The van der Waals surface area contributed by atoms with Crippen molar-refractivity contribution in [3.05, 3.63) is 41.0 Å². The summed E-state index contributed by atoms with van der Waals surface area (Å²) in [6.07, 6.45) is 2.10. The highest BCUT2D eigenvalue weighted by Crippen LogP contribution is 2.24. The summed E-state index contributed by atoms with van der Waals surface area (Å²) in [4.78, 5) is 0. The first-order chi connectivity index (χ1) is 8.79. The summed E-state index contributed by atoms with van der Waals surface area (Å²) < 4.78 is 5.93. The van der Waals surface area contributed by atoms with Crippen LogP contribution in [0.5, 0.6) is 5.75 Å². The van der Waals surface area contributed by atoms with Gasteiger partial charge in [-0.2, -0.15) is 0 Å². The van der Waals surface area contributed by atoms with E-state index in [1.54, 1.807) is 0 Å². The number of hydrogen-bond donors (Lipinski definition) is 1. The average molecular weight is 261 g/mol. The molecular weight excluding hydrogens is 234 g/mol. The van der Waals surface area contributed by atoms with Crippen LogP contribution in [0.4, 0.5) is 0 Å². The molecule has 0 saturated carbocycles. The van der Waals surface area contributed by atoms with Crippen LogP contribution in [0.15, 0.2) is 29.8 Å². The lowest BCUT2D eigenvalue weighted by molar-refractivity contribution is 0.349. The number of ether oxygens (including phenoxy) is 1. The van der Waals surface area contributed by atoms with Crippen molar-refractivity contribution in [2.75, 3.05) is 6.61 Å². The van der Waals surface area contributed by atoms with Crippen molar-refractivity contribution in [2.24, 2.45) is 0 Å². The molecule has 1 aromatic rings. The number of benzene rings is 1. The van der Waals surface area contributed by atoms with Gasteiger partial charge in [-0.3, -0.25) is 0 Å². The predicted octanol–water partition coefficient (Wildman–Crippen LogP) is 4.23. The summed E-state index contributed by atoms with van der Waals surface area (Å²) in [5.41, 5.74) is 3.80. The Morgan fingerprint density at radius 3 is 2.53 bits per heavy atom. The lowest BCUT2D eigenvalue weighted by Crippen LogP contribution is -2.35. The van der Waals surface area contributed by atoms with Gasteiger partial charge in [0.05, 0.1) is 0 Å². The molecule has 0 aliphatic heterocycles. The molecule has 0 saturated heterocycles. The lowest BCUT2D eigenvalue weighted by atomic mass is 10.1. The zero-order valence-corrected chi connectivity index (χ0v) is 13.1. The summed E-state index contributed by atoms with van der Waals surface area (Å²) in [6, 6.07) is 6.31. The second-order valence-corrected chi connectivity index (χ2v) is 6.26. The van der Waals surface area contributed by atoms with Gasteiger partial charge in [-0.1, -0.05) is 23.8 Å². The molecule has 0 bridgehead atoms. The fourth-order valence-corrected chi connectivity index (χ4v) is 1.71. The second kappa shape index (κ2) is 6.76. The number of allylic oxidation sites excluding steroid dienone is 1. The zero-order chi connectivity index (χ0) is 14.5. The standard InChI is InChI=1S/C17H27NO/c1-13(2)10-11-19-16-14(3)8-7-9-15(16)12-18-17(4,5)6/h7-10,18H,11-12H2,1-6H3. The largest absolute Gasteiger partial charge is 0.489 e. The molecule has 0 radical (unpaired) electrons. The van der Waals surface area contributed by atoms with Crippen LogP contribution in [0.1, 0.15) is 45.7 Å². The molecule has 0 spiro atoms. The Balaban J connectivity index is 2.80. The Hall–Kier alpha value is -1.28. The molecular formula is C17H27NO. The van der Waals surface area contributed by atoms with E-state index in [9.17, 15) is 0 Å². The SMILES string of the molecule is CC(C)=CCOc1c(C)cccc1CNC(C)(C)C. The molecule has 0 aromatic heterocycles. The fourth-order valence-electron chi connectivity index (χ4n) is 1.71. The average Bonchev–Trinajstić information content (AvgIpc) is 2.27. The van der Waals surface area contributed by atoms with Gasteiger partial charge in [0.1, 0.15) is 12.4 Å². The fraction of sp³-hybridized carbons (Fsp3) is 0.529. The second-order valence-electron chi connectivity index (χ2n) is 6.26. The topological polar surface area (TPSA) is 21.3 Å². The normalized spacial score (nSPS) is 11.3. The summed E-state index contributed by atoms with van der Waals surface area (Å²) in [7, 11) is 0. The zero-order valence-electron chi connectivity index (χ0n) is 13.1. The van der Waals surface area contributed by atoms with Crippen molar-refractivity contribution in [1.82, 2.24) is 5.32 Å². The van der Waals surface area contributed by atoms with Crippen LogP contribution in [-0.2, 0) is 6.54 Å². The van der Waals surface area contributed by atoms with Gasteiger partial charge in [-0.15, -0.1) is 0 Å². The highest BCUT2D eigenvalue weighted by molar-refractivity contribution is 5.41. The lowest BCUT2D eigenvalue weighted by Gasteiger charge is -2.22. The molecule has 2 nitrogen and oxygen atoms in total. The number of nitrogens with one attached hydrogen (secondary N) is 1. The molecule has 0 atom stereocenters. The smallest absolute Gasteiger partial charge is 0.127 e. The van der Waals surface area contributed by atoms with E-state index >= 15 is 0 Å². The molecule has 1 aromatic carbocycles. The van der Waals surface area contributed by atoms with Crippen molar-refractivity contribution in [3.8, 4) is 5.75 Å². The molecule has 0 unspecified atom stereocenters. The van der Waals surface area contributed by atoms with Gasteiger partial charge in [-0.05, 0) is 53.2 Å². The third-order valence-corrected chi connectivity index (χ3v) is 2.82. The summed E-state index contributed by atoms with van der Waals surface area (Å²) in [5.74, 6) is 1.01. The Morgan fingerprint density at radius 2 is 1.95 bits per heavy atom. The minimum Gasteiger partial charge on any atom is -0.489 e. The van der Waals surface area contributed by atoms with Gasteiger partial charge >= 0.3 is 0 Å². The molecule has 0 aliphatic rings. The Morgan fingerprint density at radius 1 is 1.26 bits per heavy atom. The van der Waals surface area contributed by atoms with Crippen LogP contribution in [0.2, 0.25) is 0 Å². The third kappa shape index (κ3) is 5.93. The quantitative estimate of drug-likeness (QED) is 0.801. The van der Waals surface area contributed by atoms with E-state index < -0.39 is 0 Å². The van der Waals surface area contributed by atoms with Crippen molar-refractivity contribution in [2.45, 2.75) is 53.6 Å². The van der Waals surface area contributed by atoms with E-state index in [-0.39, 0.29) is 5.54 Å². The van der Waals surface area contributed by atoms with Crippen LogP contribution in [0.25, 0.3) is 0 Å². The molecule has 1 N–H and O–H groups in total. The number of rotatable bonds is 5. The maximum Gasteiger partial charge on any atom is 0.127 e. The van der Waals surface area contributed by atoms with E-state index in [2.05, 4.69) is 71.1 Å². The van der Waals surface area contributed by atoms with Crippen LogP contribution in [0, 0.1) is 6.92 Å². The van der Waals surface area contributed by atoms with Gasteiger partial charge < -0.3 is 10.1 Å². The third-order valence-electron chi connectivity index (χ3n) is 2.82. The summed E-state index contributed by atoms with van der Waals surface area (Å²) in [5, 5.41) is 3.51. The Bertz CT molecular complexity index is 437. The van der Waals surface area contributed by atoms with Crippen molar-refractivity contribution < 1.29 is 4.74 Å². The van der Waals surface area contributed by atoms with Crippen LogP contribution < -0.4 is 10.1 Å². The molecule has 0 fully saturated rings. The predicted molar refractivity (Wildman–Crippen MR) is 82.7 cm³/mol. The minimum atomic E-state index is 0.112. The first kappa shape index (κ1) is 15.8. The van der Waals surface area contributed by atoms with Crippen LogP contribution in [-0.4, -0.2) is 12.1 Å². The number of aryl methyl sites for hydroxylation is 1. The number of hydrogen-bond acceptors (Lipinski definition) is 2. The number of para-hydroxylation sites is 1. The monoisotopic (exact) mass is 261 g/mol. The maximum absolute atomic E-state index is 5.93. The first-order valence-corrected chi connectivity index (χ1v) is 6.89. The van der Waals surface area contributed by atoms with E-state index in [0.29, 0.717) is 6.61 Å². The summed E-state index contributed by atoms with van der Waals surface area (Å²) in [6.45, 7) is 14.3. The van der Waals surface area contributed by atoms with Crippen LogP contribution in [0.3, 0.4) is 0 Å². The molecule has 0 aliphatic carbocycles. The summed E-state index contributed by atoms with van der Waals surface area (Å²) >= 11 is 0. The van der Waals surface area contributed by atoms with Gasteiger partial charge in [-0.25, -0.2) is 0 Å². The Kier molecular flexibility index (Phi) is 5.61. The maximum atomic E-state index is 5.93. The molecule has 2 heteroatoms. The van der Waals surface area contributed by atoms with Gasteiger partial charge in [0.25, 0.3) is 0 Å². The minimum absolute atomic E-state index is 0.112. The molecule has 1 rings (SSSR count). The first-order valence-electron chi connectivity index (χ1n) is 6.89. The van der Waals surface area contributed by atoms with E-state index in [1.165, 1.54) is 16.7 Å². The van der Waals surface area contributed by atoms with E-state index in [1.807, 2.05) is 0 Å². The highest BCUT2D eigenvalue weighted by atomic mass is 16.5. The van der Waals surface area contributed by atoms with E-state index in [4.69, 9.17) is 4.74 Å². The Labute approximate surface area is 117 Å². The van der Waals surface area contributed by atoms with E-state index in [0.717, 1.165) is 12.3 Å².